The maximum absolute atomic E-state index is 10.3. The number of fused-ring (bicyclic) bond motifs is 2. The second kappa shape index (κ2) is 7.27. The summed E-state index contributed by atoms with van der Waals surface area (Å²) in [6.07, 6.45) is 5.21. The molecule has 2 aliphatic rings. The van der Waals surface area contributed by atoms with E-state index in [4.69, 9.17) is 9.57 Å². The van der Waals surface area contributed by atoms with E-state index in [-0.39, 0.29) is 18.3 Å². The summed E-state index contributed by atoms with van der Waals surface area (Å²) >= 11 is 2.33. The van der Waals surface area contributed by atoms with Gasteiger partial charge in [0.25, 0.3) is 0 Å². The van der Waals surface area contributed by atoms with Crippen LogP contribution in [0.25, 0.3) is 0 Å². The summed E-state index contributed by atoms with van der Waals surface area (Å²) in [7, 11) is 1.56. The summed E-state index contributed by atoms with van der Waals surface area (Å²) in [6.45, 7) is 0. The molecule has 2 aliphatic heterocycles. The van der Waals surface area contributed by atoms with Gasteiger partial charge in [0.15, 0.2) is 0 Å². The van der Waals surface area contributed by atoms with Crippen LogP contribution in [0, 0.1) is 9.49 Å². The maximum atomic E-state index is 10.3. The lowest BCUT2D eigenvalue weighted by atomic mass is 9.76. The minimum Gasteiger partial charge on any atom is -0.399 e. The average Bonchev–Trinajstić information content (AvgIpc) is 2.82. The molecule has 3 unspecified atom stereocenters. The standard InChI is InChI=1S/C17H22INO3/c1-21-19-8-2-3-14-15(11-4-6-12(18)7-5-11)9-13-10-16(20)17(14)22-13/h4-8,13-17,20H,2-3,9-10H2,1H3/t13?,14-,15+,16?,17?/m0/s1. The van der Waals surface area contributed by atoms with Crippen molar-refractivity contribution in [1.82, 2.24) is 0 Å². The molecule has 120 valence electrons. The van der Waals surface area contributed by atoms with Gasteiger partial charge in [-0.1, -0.05) is 17.3 Å². The average molecular weight is 415 g/mol. The lowest BCUT2D eigenvalue weighted by Gasteiger charge is -2.37. The first kappa shape index (κ1) is 16.2. The Hall–Kier alpha value is -0.660. The van der Waals surface area contributed by atoms with Crippen molar-refractivity contribution in [2.45, 2.75) is 49.9 Å². The van der Waals surface area contributed by atoms with Crippen molar-refractivity contribution in [3.8, 4) is 0 Å². The third-order valence-corrected chi connectivity index (χ3v) is 5.52. The smallest absolute Gasteiger partial charge is 0.106 e. The third-order valence-electron chi connectivity index (χ3n) is 4.80. The van der Waals surface area contributed by atoms with Gasteiger partial charge in [0.2, 0.25) is 0 Å². The fourth-order valence-electron chi connectivity index (χ4n) is 3.85. The van der Waals surface area contributed by atoms with E-state index >= 15 is 0 Å². The quantitative estimate of drug-likeness (QED) is 0.456. The van der Waals surface area contributed by atoms with Gasteiger partial charge in [0.05, 0.1) is 18.3 Å². The number of nitrogens with zero attached hydrogens (tertiary/aromatic N) is 1. The van der Waals surface area contributed by atoms with E-state index < -0.39 is 0 Å². The number of hydrogen-bond acceptors (Lipinski definition) is 4. The van der Waals surface area contributed by atoms with Gasteiger partial charge < -0.3 is 14.7 Å². The van der Waals surface area contributed by atoms with Gasteiger partial charge >= 0.3 is 0 Å². The van der Waals surface area contributed by atoms with Crippen LogP contribution in [0.5, 0.6) is 0 Å². The topological polar surface area (TPSA) is 51.0 Å². The first-order chi connectivity index (χ1) is 10.7. The van der Waals surface area contributed by atoms with Gasteiger partial charge in [-0.15, -0.1) is 0 Å². The van der Waals surface area contributed by atoms with Crippen molar-refractivity contribution in [2.24, 2.45) is 11.1 Å². The number of halogens is 1. The molecule has 1 N–H and O–H groups in total. The molecule has 0 spiro atoms. The van der Waals surface area contributed by atoms with Gasteiger partial charge in [-0.05, 0) is 71.4 Å². The maximum Gasteiger partial charge on any atom is 0.106 e. The van der Waals surface area contributed by atoms with Crippen LogP contribution in [0.15, 0.2) is 29.4 Å². The molecule has 2 saturated heterocycles. The highest BCUT2D eigenvalue weighted by Gasteiger charge is 2.47. The van der Waals surface area contributed by atoms with Crippen molar-refractivity contribution in [1.29, 1.82) is 0 Å². The molecule has 1 aromatic rings. The van der Waals surface area contributed by atoms with E-state index in [1.807, 2.05) is 0 Å². The fourth-order valence-corrected chi connectivity index (χ4v) is 4.21. The van der Waals surface area contributed by atoms with E-state index in [1.54, 1.807) is 13.3 Å². The molecule has 5 heteroatoms. The second-order valence-electron chi connectivity index (χ2n) is 6.13. The predicted octanol–water partition coefficient (Wildman–Crippen LogP) is 3.33. The molecule has 0 amide bonds. The monoisotopic (exact) mass is 415 g/mol. The molecule has 2 heterocycles. The highest BCUT2D eigenvalue weighted by Crippen LogP contribution is 2.47. The van der Waals surface area contributed by atoms with E-state index in [0.717, 1.165) is 25.7 Å². The molecule has 0 aromatic heterocycles. The number of benzene rings is 1. The van der Waals surface area contributed by atoms with Crippen molar-refractivity contribution < 1.29 is 14.7 Å². The summed E-state index contributed by atoms with van der Waals surface area (Å²) in [6, 6.07) is 8.76. The van der Waals surface area contributed by atoms with Crippen molar-refractivity contribution in [3.05, 3.63) is 33.4 Å². The van der Waals surface area contributed by atoms with Crippen LogP contribution in [0.4, 0.5) is 0 Å². The summed E-state index contributed by atoms with van der Waals surface area (Å²) in [5, 5.41) is 14.1. The Labute approximate surface area is 145 Å². The summed E-state index contributed by atoms with van der Waals surface area (Å²) in [5.74, 6) is 0.783. The van der Waals surface area contributed by atoms with Crippen LogP contribution < -0.4 is 0 Å². The second-order valence-corrected chi connectivity index (χ2v) is 7.38. The molecule has 1 aromatic carbocycles. The molecule has 2 bridgehead atoms. The van der Waals surface area contributed by atoms with Crippen LogP contribution in [0.1, 0.15) is 37.2 Å². The first-order valence-corrected chi connectivity index (χ1v) is 8.91. The molecule has 3 rings (SSSR count). The lowest BCUT2D eigenvalue weighted by molar-refractivity contribution is -0.0709. The molecular weight excluding hydrogens is 393 g/mol. The van der Waals surface area contributed by atoms with Gasteiger partial charge in [0.1, 0.15) is 7.11 Å². The number of hydrogen-bond donors (Lipinski definition) is 1. The zero-order valence-corrected chi connectivity index (χ0v) is 14.8. The van der Waals surface area contributed by atoms with Gasteiger partial charge in [-0.2, -0.15) is 0 Å². The molecule has 22 heavy (non-hydrogen) atoms. The van der Waals surface area contributed by atoms with Crippen molar-refractivity contribution in [3.63, 3.8) is 0 Å². The highest BCUT2D eigenvalue weighted by molar-refractivity contribution is 14.1. The summed E-state index contributed by atoms with van der Waals surface area (Å²) in [5.41, 5.74) is 1.36. The number of ether oxygens (including phenoxy) is 1. The molecule has 0 radical (unpaired) electrons. The lowest BCUT2D eigenvalue weighted by Crippen LogP contribution is -2.37. The minimum absolute atomic E-state index is 0.0426. The summed E-state index contributed by atoms with van der Waals surface area (Å²) < 4.78 is 7.28. The third kappa shape index (κ3) is 3.46. The SMILES string of the molecule is CON=CCC[C@@H]1C2OC(CC2O)C[C@@H]1c1ccc(I)cc1. The van der Waals surface area contributed by atoms with E-state index in [0.29, 0.717) is 11.8 Å². The Morgan fingerprint density at radius 2 is 2.14 bits per heavy atom. The minimum atomic E-state index is -0.330. The van der Waals surface area contributed by atoms with Gasteiger partial charge in [0, 0.05) is 16.2 Å². The van der Waals surface area contributed by atoms with Crippen LogP contribution >= 0.6 is 22.6 Å². The van der Waals surface area contributed by atoms with Crippen molar-refractivity contribution >= 4 is 28.8 Å². The largest absolute Gasteiger partial charge is 0.399 e. The number of aliphatic hydroxyl groups excluding tert-OH is 1. The number of aliphatic hydroxyl groups is 1. The number of oxime groups is 1. The molecule has 0 saturated carbocycles. The Balaban J connectivity index is 1.78. The zero-order valence-electron chi connectivity index (χ0n) is 12.7. The Morgan fingerprint density at radius 3 is 2.86 bits per heavy atom. The molecule has 4 nitrogen and oxygen atoms in total. The zero-order chi connectivity index (χ0) is 15.5. The molecular formula is C17H22INO3. The Kier molecular flexibility index (Phi) is 5.36. The van der Waals surface area contributed by atoms with Crippen molar-refractivity contribution in [2.75, 3.05) is 7.11 Å². The van der Waals surface area contributed by atoms with E-state index in [1.165, 1.54) is 9.13 Å². The first-order valence-electron chi connectivity index (χ1n) is 7.83. The normalized spacial score (nSPS) is 34.2. The van der Waals surface area contributed by atoms with Crippen LogP contribution in [-0.2, 0) is 9.57 Å². The molecule has 5 atom stereocenters. The predicted molar refractivity (Wildman–Crippen MR) is 94.0 cm³/mol. The molecule has 2 fully saturated rings. The summed E-state index contributed by atoms with van der Waals surface area (Å²) in [4.78, 5) is 4.73. The van der Waals surface area contributed by atoms with E-state index in [9.17, 15) is 5.11 Å². The van der Waals surface area contributed by atoms with Gasteiger partial charge in [-0.25, -0.2) is 0 Å². The Bertz CT molecular complexity index is 519. The van der Waals surface area contributed by atoms with Crippen LogP contribution in [-0.4, -0.2) is 36.7 Å². The van der Waals surface area contributed by atoms with Gasteiger partial charge in [-0.3, -0.25) is 0 Å². The molecule has 0 aliphatic carbocycles. The fraction of sp³-hybridized carbons (Fsp3) is 0.588. The van der Waals surface area contributed by atoms with Crippen LogP contribution in [0.3, 0.4) is 0 Å². The van der Waals surface area contributed by atoms with E-state index in [2.05, 4.69) is 52.0 Å². The van der Waals surface area contributed by atoms with Crippen LogP contribution in [0.2, 0.25) is 0 Å². The highest BCUT2D eigenvalue weighted by atomic mass is 127. The Morgan fingerprint density at radius 1 is 1.36 bits per heavy atom. The number of rotatable bonds is 5.